The van der Waals surface area contributed by atoms with E-state index in [1.54, 1.807) is 17.7 Å². The maximum atomic E-state index is 9.92. The minimum atomic E-state index is 0.227. The molecule has 26 heavy (non-hydrogen) atoms. The molecule has 142 valence electrons. The second kappa shape index (κ2) is 7.76. The first-order valence-electron chi connectivity index (χ1n) is 9.58. The first-order chi connectivity index (χ1) is 12.7. The van der Waals surface area contributed by atoms with Crippen LogP contribution in [0.3, 0.4) is 0 Å². The molecule has 0 bridgehead atoms. The van der Waals surface area contributed by atoms with Crippen LogP contribution in [0.5, 0.6) is 0 Å². The number of aryl methyl sites for hydroxylation is 1. The van der Waals surface area contributed by atoms with E-state index in [1.165, 1.54) is 4.88 Å². The molecule has 0 saturated carbocycles. The van der Waals surface area contributed by atoms with Gasteiger partial charge in [-0.25, -0.2) is 9.97 Å². The Balaban J connectivity index is 1.47. The number of fused-ring (bicyclic) bond motifs is 1. The molecule has 2 saturated heterocycles. The van der Waals surface area contributed by atoms with Crippen molar-refractivity contribution >= 4 is 27.4 Å². The highest BCUT2D eigenvalue weighted by atomic mass is 32.1. The highest BCUT2D eigenvalue weighted by Gasteiger charge is 2.35. The fourth-order valence-corrected chi connectivity index (χ4v) is 5.27. The smallest absolute Gasteiger partial charge is 0.140 e. The van der Waals surface area contributed by atoms with Crippen molar-refractivity contribution in [2.75, 3.05) is 50.8 Å². The monoisotopic (exact) mass is 376 g/mol. The summed E-state index contributed by atoms with van der Waals surface area (Å²) in [5.74, 6) is 2.22. The molecule has 4 rings (SSSR count). The SMILES string of the molecule is Cc1cc2c(N3C[C@@H](CO)[C@@H](CN4CCC(CO)CC4)C3)ncnc2s1. The van der Waals surface area contributed by atoms with Crippen LogP contribution >= 0.6 is 11.3 Å². The van der Waals surface area contributed by atoms with Gasteiger partial charge in [0.1, 0.15) is 17.0 Å². The summed E-state index contributed by atoms with van der Waals surface area (Å²) >= 11 is 1.71. The Morgan fingerprint density at radius 1 is 1.12 bits per heavy atom. The van der Waals surface area contributed by atoms with Crippen LogP contribution in [0, 0.1) is 24.7 Å². The van der Waals surface area contributed by atoms with Crippen LogP contribution in [0.4, 0.5) is 5.82 Å². The number of aliphatic hydroxyl groups excluding tert-OH is 2. The molecule has 6 nitrogen and oxygen atoms in total. The lowest BCUT2D eigenvalue weighted by molar-refractivity contribution is 0.106. The van der Waals surface area contributed by atoms with Gasteiger partial charge in [-0.2, -0.15) is 0 Å². The number of nitrogens with zero attached hydrogens (tertiary/aromatic N) is 4. The first kappa shape index (κ1) is 18.1. The second-order valence-electron chi connectivity index (χ2n) is 7.81. The van der Waals surface area contributed by atoms with E-state index in [0.717, 1.165) is 61.6 Å². The molecule has 2 aliphatic rings. The van der Waals surface area contributed by atoms with Gasteiger partial charge in [0.2, 0.25) is 0 Å². The number of rotatable bonds is 5. The number of piperidine rings is 1. The van der Waals surface area contributed by atoms with Gasteiger partial charge < -0.3 is 20.0 Å². The number of hydrogen-bond acceptors (Lipinski definition) is 7. The Hall–Kier alpha value is -1.28. The first-order valence-corrected chi connectivity index (χ1v) is 10.4. The average molecular weight is 377 g/mol. The van der Waals surface area contributed by atoms with E-state index in [-0.39, 0.29) is 12.5 Å². The molecule has 2 atom stereocenters. The van der Waals surface area contributed by atoms with Crippen molar-refractivity contribution in [2.24, 2.45) is 17.8 Å². The van der Waals surface area contributed by atoms with Gasteiger partial charge in [-0.3, -0.25) is 0 Å². The molecule has 2 N–H and O–H groups in total. The van der Waals surface area contributed by atoms with E-state index in [1.807, 2.05) is 0 Å². The van der Waals surface area contributed by atoms with Crippen LogP contribution in [0.25, 0.3) is 10.2 Å². The van der Waals surface area contributed by atoms with Crippen molar-refractivity contribution in [1.29, 1.82) is 0 Å². The lowest BCUT2D eigenvalue weighted by Crippen LogP contribution is -2.40. The molecule has 2 fully saturated rings. The Bertz CT molecular complexity index is 744. The normalized spacial score (nSPS) is 25.4. The standard InChI is InChI=1S/C19H28N4O2S/c1-13-6-17-18(20-12-21-19(17)26-13)23-8-15(16(9-23)11-25)7-22-4-2-14(10-24)3-5-22/h6,12,14-16,24-25H,2-5,7-11H2,1H3/t15-,16-/m0/s1. The lowest BCUT2D eigenvalue weighted by Gasteiger charge is -2.33. The molecular formula is C19H28N4O2S. The molecule has 0 radical (unpaired) electrons. The molecule has 2 aromatic rings. The lowest BCUT2D eigenvalue weighted by atomic mass is 9.93. The fraction of sp³-hybridized carbons (Fsp3) is 0.684. The average Bonchev–Trinajstić information content (AvgIpc) is 3.24. The number of anilines is 1. The van der Waals surface area contributed by atoms with Crippen LogP contribution in [0.1, 0.15) is 17.7 Å². The van der Waals surface area contributed by atoms with Gasteiger partial charge in [0.15, 0.2) is 0 Å². The zero-order valence-electron chi connectivity index (χ0n) is 15.3. The third kappa shape index (κ3) is 3.58. The van der Waals surface area contributed by atoms with Crippen LogP contribution in [0.15, 0.2) is 12.4 Å². The largest absolute Gasteiger partial charge is 0.396 e. The zero-order valence-corrected chi connectivity index (χ0v) is 16.2. The van der Waals surface area contributed by atoms with Crippen LogP contribution in [-0.4, -0.2) is 71.0 Å². The van der Waals surface area contributed by atoms with Crippen molar-refractivity contribution in [1.82, 2.24) is 14.9 Å². The van der Waals surface area contributed by atoms with Gasteiger partial charge in [-0.1, -0.05) is 0 Å². The second-order valence-corrected chi connectivity index (χ2v) is 9.04. The number of likely N-dealkylation sites (tertiary alicyclic amines) is 1. The van der Waals surface area contributed by atoms with Gasteiger partial charge in [0, 0.05) is 43.6 Å². The van der Waals surface area contributed by atoms with Crippen molar-refractivity contribution < 1.29 is 10.2 Å². The van der Waals surface area contributed by atoms with Crippen molar-refractivity contribution in [2.45, 2.75) is 19.8 Å². The predicted octanol–water partition coefficient (Wildman–Crippen LogP) is 1.75. The molecule has 0 amide bonds. The predicted molar refractivity (Wildman–Crippen MR) is 105 cm³/mol. The minimum absolute atomic E-state index is 0.227. The molecule has 0 aliphatic carbocycles. The summed E-state index contributed by atoms with van der Waals surface area (Å²) in [4.78, 5) is 16.1. The fourth-order valence-electron chi connectivity index (χ4n) is 4.42. The van der Waals surface area contributed by atoms with Gasteiger partial charge in [-0.15, -0.1) is 11.3 Å². The number of hydrogen-bond donors (Lipinski definition) is 2. The summed E-state index contributed by atoms with van der Waals surface area (Å²) in [6, 6.07) is 2.18. The van der Waals surface area contributed by atoms with E-state index < -0.39 is 0 Å². The number of thiophene rings is 1. The quantitative estimate of drug-likeness (QED) is 0.828. The summed E-state index contributed by atoms with van der Waals surface area (Å²) in [7, 11) is 0. The summed E-state index contributed by atoms with van der Waals surface area (Å²) in [6.07, 6.45) is 3.82. The van der Waals surface area contributed by atoms with Gasteiger partial charge in [0.25, 0.3) is 0 Å². The molecule has 0 spiro atoms. The summed E-state index contributed by atoms with van der Waals surface area (Å²) in [5, 5.41) is 20.4. The summed E-state index contributed by atoms with van der Waals surface area (Å²) in [6.45, 7) is 7.58. The Labute approximate surface area is 158 Å². The molecule has 7 heteroatoms. The molecule has 0 unspecified atom stereocenters. The third-order valence-electron chi connectivity index (χ3n) is 6.00. The molecule has 2 aliphatic heterocycles. The van der Waals surface area contributed by atoms with Crippen molar-refractivity contribution in [3.63, 3.8) is 0 Å². The van der Waals surface area contributed by atoms with E-state index >= 15 is 0 Å². The minimum Gasteiger partial charge on any atom is -0.396 e. The Morgan fingerprint density at radius 3 is 2.62 bits per heavy atom. The van der Waals surface area contributed by atoms with Gasteiger partial charge in [0.05, 0.1) is 5.39 Å². The van der Waals surface area contributed by atoms with Gasteiger partial charge in [-0.05, 0) is 50.8 Å². The molecule has 2 aromatic heterocycles. The van der Waals surface area contributed by atoms with E-state index in [2.05, 4.69) is 32.8 Å². The van der Waals surface area contributed by atoms with E-state index in [4.69, 9.17) is 0 Å². The summed E-state index contributed by atoms with van der Waals surface area (Å²) in [5.41, 5.74) is 0. The third-order valence-corrected chi connectivity index (χ3v) is 6.96. The Morgan fingerprint density at radius 2 is 1.88 bits per heavy atom. The maximum absolute atomic E-state index is 9.92. The maximum Gasteiger partial charge on any atom is 0.140 e. The highest BCUT2D eigenvalue weighted by Crippen LogP contribution is 2.34. The zero-order chi connectivity index (χ0) is 18.1. The van der Waals surface area contributed by atoms with Crippen LogP contribution in [-0.2, 0) is 0 Å². The van der Waals surface area contributed by atoms with Crippen molar-refractivity contribution in [3.8, 4) is 0 Å². The number of aromatic nitrogens is 2. The van der Waals surface area contributed by atoms with E-state index in [0.29, 0.717) is 18.4 Å². The van der Waals surface area contributed by atoms with Gasteiger partial charge >= 0.3 is 0 Å². The highest BCUT2D eigenvalue weighted by molar-refractivity contribution is 7.18. The number of aliphatic hydroxyl groups is 2. The van der Waals surface area contributed by atoms with Crippen molar-refractivity contribution in [3.05, 3.63) is 17.3 Å². The van der Waals surface area contributed by atoms with E-state index in [9.17, 15) is 10.2 Å². The molecule has 4 heterocycles. The Kier molecular flexibility index (Phi) is 5.40. The van der Waals surface area contributed by atoms with Crippen LogP contribution in [0.2, 0.25) is 0 Å². The molecular weight excluding hydrogens is 348 g/mol. The topological polar surface area (TPSA) is 72.7 Å². The summed E-state index contributed by atoms with van der Waals surface area (Å²) < 4.78 is 0. The van der Waals surface area contributed by atoms with Crippen LogP contribution < -0.4 is 4.90 Å². The molecule has 0 aromatic carbocycles.